The number of benzene rings is 11. The maximum atomic E-state index is 6.53. The normalized spacial score (nSPS) is 11.9. The van der Waals surface area contributed by atoms with Crippen molar-refractivity contribution in [1.82, 2.24) is 4.57 Å². The van der Waals surface area contributed by atoms with Crippen LogP contribution in [0.2, 0.25) is 0 Å². The number of hydrogen-bond acceptors (Lipinski definition) is 2. The smallest absolute Gasteiger partial charge is 0.137 e. The molecule has 0 fully saturated rings. The van der Waals surface area contributed by atoms with E-state index in [1.165, 1.54) is 64.9 Å². The molecular formula is C58H36N2O. The van der Waals surface area contributed by atoms with Gasteiger partial charge in [-0.15, -0.1) is 0 Å². The van der Waals surface area contributed by atoms with Crippen LogP contribution in [0, 0.1) is 0 Å². The highest BCUT2D eigenvalue weighted by Crippen LogP contribution is 2.46. The predicted molar refractivity (Wildman–Crippen MR) is 258 cm³/mol. The lowest BCUT2D eigenvalue weighted by Crippen LogP contribution is -2.11. The van der Waals surface area contributed by atoms with E-state index < -0.39 is 0 Å². The first-order valence-corrected chi connectivity index (χ1v) is 20.9. The molecule has 3 nitrogen and oxygen atoms in total. The van der Waals surface area contributed by atoms with Gasteiger partial charge in [0.25, 0.3) is 0 Å². The first kappa shape index (κ1) is 33.8. The summed E-state index contributed by atoms with van der Waals surface area (Å²) in [6.45, 7) is 0. The van der Waals surface area contributed by atoms with Gasteiger partial charge >= 0.3 is 0 Å². The number of anilines is 3. The lowest BCUT2D eigenvalue weighted by atomic mass is 9.95. The van der Waals surface area contributed by atoms with Gasteiger partial charge in [-0.2, -0.15) is 0 Å². The summed E-state index contributed by atoms with van der Waals surface area (Å²) in [5.74, 6) is 0. The van der Waals surface area contributed by atoms with Crippen molar-refractivity contribution < 1.29 is 4.42 Å². The zero-order chi connectivity index (χ0) is 40.0. The predicted octanol–water partition coefficient (Wildman–Crippen LogP) is 16.4. The maximum Gasteiger partial charge on any atom is 0.137 e. The molecule has 0 amide bonds. The average Bonchev–Trinajstić information content (AvgIpc) is 3.87. The van der Waals surface area contributed by atoms with Crippen molar-refractivity contribution in [1.29, 1.82) is 0 Å². The molecule has 284 valence electrons. The molecule has 0 spiro atoms. The molecule has 61 heavy (non-hydrogen) atoms. The third-order valence-corrected chi connectivity index (χ3v) is 12.7. The van der Waals surface area contributed by atoms with Gasteiger partial charge in [0.15, 0.2) is 0 Å². The van der Waals surface area contributed by atoms with Crippen LogP contribution in [-0.4, -0.2) is 4.57 Å². The second-order valence-corrected chi connectivity index (χ2v) is 16.1. The van der Waals surface area contributed by atoms with E-state index in [4.69, 9.17) is 4.42 Å². The van der Waals surface area contributed by atoms with Crippen LogP contribution in [0.3, 0.4) is 0 Å². The Morgan fingerprint density at radius 3 is 1.77 bits per heavy atom. The molecule has 0 aliphatic heterocycles. The minimum Gasteiger partial charge on any atom is -0.456 e. The molecule has 13 aromatic rings. The number of rotatable bonds is 5. The van der Waals surface area contributed by atoms with E-state index in [0.717, 1.165) is 55.8 Å². The van der Waals surface area contributed by atoms with Crippen LogP contribution in [-0.2, 0) is 0 Å². The van der Waals surface area contributed by atoms with Gasteiger partial charge in [0, 0.05) is 55.4 Å². The third-order valence-electron chi connectivity index (χ3n) is 12.7. The Kier molecular flexibility index (Phi) is 7.31. The van der Waals surface area contributed by atoms with Crippen molar-refractivity contribution in [2.75, 3.05) is 4.90 Å². The lowest BCUT2D eigenvalue weighted by Gasteiger charge is -2.28. The van der Waals surface area contributed by atoms with Crippen LogP contribution in [0.1, 0.15) is 0 Å². The van der Waals surface area contributed by atoms with Crippen molar-refractivity contribution in [2.45, 2.75) is 0 Å². The number of fused-ring (bicyclic) bond motifs is 13. The summed E-state index contributed by atoms with van der Waals surface area (Å²) >= 11 is 0. The monoisotopic (exact) mass is 776 g/mol. The van der Waals surface area contributed by atoms with E-state index in [1.807, 2.05) is 12.1 Å². The molecular weight excluding hydrogens is 741 g/mol. The minimum absolute atomic E-state index is 0.863. The van der Waals surface area contributed by atoms with Crippen molar-refractivity contribution in [3.8, 4) is 16.8 Å². The Bertz CT molecular complexity index is 3910. The number of nitrogens with zero attached hydrogens (tertiary/aromatic N) is 2. The summed E-state index contributed by atoms with van der Waals surface area (Å²) < 4.78 is 8.98. The third kappa shape index (κ3) is 5.17. The van der Waals surface area contributed by atoms with Gasteiger partial charge < -0.3 is 13.9 Å². The minimum atomic E-state index is 0.863. The topological polar surface area (TPSA) is 21.3 Å². The van der Waals surface area contributed by atoms with Gasteiger partial charge in [-0.3, -0.25) is 0 Å². The average molecular weight is 777 g/mol. The number of para-hydroxylation sites is 2. The standard InChI is InChI=1S/C58H36N2O/c1-3-19-44-37(13-1)27-30-47-46-21-5-6-22-48(46)55(36-53(44)47)59(43-29-32-51-50-24-8-10-26-56(50)61-57(51)35-43)41-17-11-15-39(33-41)40-16-12-18-42(34-40)60-54-25-9-7-23-49(54)52-31-28-38-14-2-4-20-45(38)58(52)60/h1-36H. The highest BCUT2D eigenvalue weighted by Gasteiger charge is 2.21. The fraction of sp³-hybridized carbons (Fsp3) is 0. The molecule has 3 heteroatoms. The molecule has 0 unspecified atom stereocenters. The summed E-state index contributed by atoms with van der Waals surface area (Å²) in [7, 11) is 0. The Labute approximate surface area is 351 Å². The van der Waals surface area contributed by atoms with Crippen LogP contribution in [0.5, 0.6) is 0 Å². The molecule has 0 bridgehead atoms. The molecule has 0 radical (unpaired) electrons. The molecule has 13 rings (SSSR count). The molecule has 0 aliphatic rings. The van der Waals surface area contributed by atoms with Crippen LogP contribution >= 0.6 is 0 Å². The second kappa shape index (κ2) is 13.2. The second-order valence-electron chi connectivity index (χ2n) is 16.1. The summed E-state index contributed by atoms with van der Waals surface area (Å²) in [5.41, 5.74) is 10.8. The Morgan fingerprint density at radius 2 is 0.918 bits per heavy atom. The highest BCUT2D eigenvalue weighted by atomic mass is 16.3. The van der Waals surface area contributed by atoms with Crippen LogP contribution in [0.25, 0.3) is 104 Å². The van der Waals surface area contributed by atoms with E-state index in [9.17, 15) is 0 Å². The van der Waals surface area contributed by atoms with E-state index in [2.05, 4.69) is 216 Å². The van der Waals surface area contributed by atoms with Gasteiger partial charge in [0.2, 0.25) is 0 Å². The zero-order valence-corrected chi connectivity index (χ0v) is 33.1. The van der Waals surface area contributed by atoms with Gasteiger partial charge in [-0.05, 0) is 98.0 Å². The number of furan rings is 1. The molecule has 0 saturated heterocycles. The van der Waals surface area contributed by atoms with Crippen LogP contribution in [0.4, 0.5) is 17.1 Å². The van der Waals surface area contributed by atoms with E-state index in [0.29, 0.717) is 0 Å². The molecule has 0 N–H and O–H groups in total. The van der Waals surface area contributed by atoms with Crippen molar-refractivity contribution in [2.24, 2.45) is 0 Å². The highest BCUT2D eigenvalue weighted by molar-refractivity contribution is 6.22. The summed E-state index contributed by atoms with van der Waals surface area (Å²) in [5, 5.41) is 14.6. The molecule has 0 aliphatic carbocycles. The molecule has 0 saturated carbocycles. The van der Waals surface area contributed by atoms with Gasteiger partial charge in [0.05, 0.1) is 16.7 Å². The quantitative estimate of drug-likeness (QED) is 0.162. The first-order chi connectivity index (χ1) is 30.2. The number of aromatic nitrogens is 1. The van der Waals surface area contributed by atoms with E-state index in [-0.39, 0.29) is 0 Å². The van der Waals surface area contributed by atoms with Crippen molar-refractivity contribution >= 4 is 104 Å². The van der Waals surface area contributed by atoms with Crippen LogP contribution < -0.4 is 4.90 Å². The SMILES string of the molecule is c1cc(-c2cccc(-n3c4ccccc4c4ccc5ccccc5c43)c2)cc(N(c2ccc3c(c2)oc2ccccc23)c2cc3c4ccccc4ccc3c3ccccc23)c1. The number of hydrogen-bond donors (Lipinski definition) is 0. The van der Waals surface area contributed by atoms with E-state index >= 15 is 0 Å². The van der Waals surface area contributed by atoms with Crippen molar-refractivity contribution in [3.63, 3.8) is 0 Å². The summed E-state index contributed by atoms with van der Waals surface area (Å²) in [6.07, 6.45) is 0. The van der Waals surface area contributed by atoms with Gasteiger partial charge in [-0.25, -0.2) is 0 Å². The van der Waals surface area contributed by atoms with Crippen LogP contribution in [0.15, 0.2) is 223 Å². The maximum absolute atomic E-state index is 6.53. The molecule has 11 aromatic carbocycles. The van der Waals surface area contributed by atoms with E-state index in [1.54, 1.807) is 0 Å². The first-order valence-electron chi connectivity index (χ1n) is 20.9. The summed E-state index contributed by atoms with van der Waals surface area (Å²) in [4.78, 5) is 2.42. The molecule has 0 atom stereocenters. The largest absolute Gasteiger partial charge is 0.456 e. The Morgan fingerprint density at radius 1 is 0.328 bits per heavy atom. The fourth-order valence-corrected chi connectivity index (χ4v) is 9.96. The Hall–Kier alpha value is -8.14. The van der Waals surface area contributed by atoms with Gasteiger partial charge in [-0.1, -0.05) is 158 Å². The summed E-state index contributed by atoms with van der Waals surface area (Å²) in [6, 6.07) is 79.4. The fourth-order valence-electron chi connectivity index (χ4n) is 9.96. The van der Waals surface area contributed by atoms with Crippen molar-refractivity contribution in [3.05, 3.63) is 218 Å². The molecule has 2 aromatic heterocycles. The lowest BCUT2D eigenvalue weighted by molar-refractivity contribution is 0.669. The Balaban J connectivity index is 1.04. The molecule has 2 heterocycles. The van der Waals surface area contributed by atoms with Gasteiger partial charge in [0.1, 0.15) is 11.2 Å². The zero-order valence-electron chi connectivity index (χ0n) is 33.1.